The summed E-state index contributed by atoms with van der Waals surface area (Å²) in [5.41, 5.74) is 2.80. The Labute approximate surface area is 152 Å². The lowest BCUT2D eigenvalue weighted by Crippen LogP contribution is -2.51. The van der Waals surface area contributed by atoms with Crippen molar-refractivity contribution in [1.29, 1.82) is 0 Å². The van der Waals surface area contributed by atoms with Gasteiger partial charge in [0, 0.05) is 19.7 Å². The second-order valence-corrected chi connectivity index (χ2v) is 6.62. The summed E-state index contributed by atoms with van der Waals surface area (Å²) in [6.45, 7) is 1.96. The van der Waals surface area contributed by atoms with Crippen LogP contribution in [-0.2, 0) is 23.1 Å². The molecule has 1 fully saturated rings. The smallest absolute Gasteiger partial charge is 0.224 e. The van der Waals surface area contributed by atoms with Gasteiger partial charge in [-0.1, -0.05) is 12.1 Å². The van der Waals surface area contributed by atoms with E-state index in [-0.39, 0.29) is 30.3 Å². The highest BCUT2D eigenvalue weighted by molar-refractivity contribution is 5.81. The Morgan fingerprint density at radius 1 is 1.42 bits per heavy atom. The molecule has 0 aliphatic carbocycles. The molecule has 0 saturated carbocycles. The van der Waals surface area contributed by atoms with Crippen molar-refractivity contribution in [3.8, 4) is 5.75 Å². The first-order valence-corrected chi connectivity index (χ1v) is 8.68. The van der Waals surface area contributed by atoms with Gasteiger partial charge in [-0.25, -0.2) is 0 Å². The SMILES string of the molecule is COc1cc(CC(=O)N[C@@H]2CCC(=O)N[C@H]2c2ccnn2C)ccc1C. The van der Waals surface area contributed by atoms with Gasteiger partial charge in [0.2, 0.25) is 11.8 Å². The van der Waals surface area contributed by atoms with Crippen LogP contribution in [0.3, 0.4) is 0 Å². The number of hydrogen-bond acceptors (Lipinski definition) is 4. The van der Waals surface area contributed by atoms with Gasteiger partial charge in [-0.05, 0) is 36.6 Å². The number of rotatable bonds is 5. The Morgan fingerprint density at radius 3 is 2.92 bits per heavy atom. The van der Waals surface area contributed by atoms with Crippen LogP contribution in [0.25, 0.3) is 0 Å². The number of nitrogens with one attached hydrogen (secondary N) is 2. The van der Waals surface area contributed by atoms with E-state index < -0.39 is 0 Å². The normalized spacial score (nSPS) is 19.7. The maximum absolute atomic E-state index is 12.6. The van der Waals surface area contributed by atoms with Crippen LogP contribution in [-0.4, -0.2) is 34.7 Å². The third kappa shape index (κ3) is 3.87. The Hall–Kier alpha value is -2.83. The maximum atomic E-state index is 12.6. The van der Waals surface area contributed by atoms with E-state index in [0.717, 1.165) is 22.6 Å². The summed E-state index contributed by atoms with van der Waals surface area (Å²) in [6.07, 6.45) is 2.95. The van der Waals surface area contributed by atoms with Crippen LogP contribution in [0.5, 0.6) is 5.75 Å². The summed E-state index contributed by atoms with van der Waals surface area (Å²) in [6, 6.07) is 7.18. The first-order valence-electron chi connectivity index (χ1n) is 8.68. The van der Waals surface area contributed by atoms with Crippen LogP contribution in [0, 0.1) is 6.92 Å². The lowest BCUT2D eigenvalue weighted by atomic mass is 9.95. The molecule has 0 bridgehead atoms. The highest BCUT2D eigenvalue weighted by atomic mass is 16.5. The fourth-order valence-corrected chi connectivity index (χ4v) is 3.34. The molecule has 2 aromatic rings. The average Bonchev–Trinajstić information content (AvgIpc) is 3.04. The number of benzene rings is 1. The van der Waals surface area contributed by atoms with Gasteiger partial charge in [0.05, 0.1) is 31.3 Å². The minimum atomic E-state index is -0.278. The minimum Gasteiger partial charge on any atom is -0.496 e. The van der Waals surface area contributed by atoms with E-state index in [1.165, 1.54) is 0 Å². The van der Waals surface area contributed by atoms with E-state index in [0.29, 0.717) is 12.8 Å². The number of amides is 2. The van der Waals surface area contributed by atoms with Crippen molar-refractivity contribution in [3.63, 3.8) is 0 Å². The van der Waals surface area contributed by atoms with E-state index in [1.54, 1.807) is 18.0 Å². The van der Waals surface area contributed by atoms with Crippen LogP contribution < -0.4 is 15.4 Å². The van der Waals surface area contributed by atoms with E-state index in [1.807, 2.05) is 38.2 Å². The predicted molar refractivity (Wildman–Crippen MR) is 96.7 cm³/mol. The second kappa shape index (κ2) is 7.59. The molecular weight excluding hydrogens is 332 g/mol. The number of carbonyl (C=O) groups is 2. The first kappa shape index (κ1) is 18.0. The Bertz CT molecular complexity index is 815. The molecule has 7 nitrogen and oxygen atoms in total. The molecule has 2 heterocycles. The molecule has 0 radical (unpaired) electrons. The summed E-state index contributed by atoms with van der Waals surface area (Å²) >= 11 is 0. The molecule has 0 spiro atoms. The minimum absolute atomic E-state index is 0.00929. The molecule has 1 aromatic carbocycles. The van der Waals surface area contributed by atoms with Crippen LogP contribution in [0.1, 0.15) is 35.7 Å². The molecule has 1 aliphatic rings. The predicted octanol–water partition coefficient (Wildman–Crippen LogP) is 1.42. The largest absolute Gasteiger partial charge is 0.496 e. The molecule has 1 aliphatic heterocycles. The molecule has 2 atom stereocenters. The Balaban J connectivity index is 1.70. The fourth-order valence-electron chi connectivity index (χ4n) is 3.34. The molecule has 138 valence electrons. The zero-order chi connectivity index (χ0) is 18.7. The highest BCUT2D eigenvalue weighted by Crippen LogP contribution is 2.24. The molecular formula is C19H24N4O3. The third-order valence-corrected chi connectivity index (χ3v) is 4.76. The topological polar surface area (TPSA) is 85.2 Å². The molecule has 3 rings (SSSR count). The van der Waals surface area contributed by atoms with E-state index in [4.69, 9.17) is 4.74 Å². The average molecular weight is 356 g/mol. The fraction of sp³-hybridized carbons (Fsp3) is 0.421. The number of aryl methyl sites for hydroxylation is 2. The van der Waals surface area contributed by atoms with Crippen molar-refractivity contribution in [2.24, 2.45) is 7.05 Å². The van der Waals surface area contributed by atoms with Crippen molar-refractivity contribution in [2.75, 3.05) is 7.11 Å². The molecule has 2 N–H and O–H groups in total. The van der Waals surface area contributed by atoms with Gasteiger partial charge in [0.15, 0.2) is 0 Å². The van der Waals surface area contributed by atoms with Gasteiger partial charge >= 0.3 is 0 Å². The van der Waals surface area contributed by atoms with Crippen molar-refractivity contribution in [3.05, 3.63) is 47.3 Å². The van der Waals surface area contributed by atoms with Gasteiger partial charge in [-0.2, -0.15) is 5.10 Å². The Kier molecular flexibility index (Phi) is 5.25. The number of ether oxygens (including phenoxy) is 1. The zero-order valence-corrected chi connectivity index (χ0v) is 15.3. The number of piperidine rings is 1. The standard InChI is InChI=1S/C19H24N4O3/c1-12-4-5-13(10-16(12)26-3)11-18(25)21-14-6-7-17(24)22-19(14)15-8-9-20-23(15)2/h4-5,8-10,14,19H,6-7,11H2,1-3H3,(H,21,25)(H,22,24)/t14-,19-/m1/s1. The van der Waals surface area contributed by atoms with E-state index in [9.17, 15) is 9.59 Å². The second-order valence-electron chi connectivity index (χ2n) is 6.62. The molecule has 0 unspecified atom stereocenters. The summed E-state index contributed by atoms with van der Waals surface area (Å²) in [7, 11) is 3.45. The molecule has 1 saturated heterocycles. The van der Waals surface area contributed by atoms with Crippen LogP contribution in [0.4, 0.5) is 0 Å². The first-order chi connectivity index (χ1) is 12.5. The van der Waals surface area contributed by atoms with Gasteiger partial charge in [-0.15, -0.1) is 0 Å². The number of aromatic nitrogens is 2. The monoisotopic (exact) mass is 356 g/mol. The molecule has 7 heteroatoms. The third-order valence-electron chi connectivity index (χ3n) is 4.76. The Morgan fingerprint density at radius 2 is 2.23 bits per heavy atom. The van der Waals surface area contributed by atoms with Gasteiger partial charge in [0.25, 0.3) is 0 Å². The number of hydrogen-bond donors (Lipinski definition) is 2. The maximum Gasteiger partial charge on any atom is 0.224 e. The summed E-state index contributed by atoms with van der Waals surface area (Å²) in [4.78, 5) is 24.4. The molecule has 2 amide bonds. The van der Waals surface area contributed by atoms with E-state index in [2.05, 4.69) is 15.7 Å². The van der Waals surface area contributed by atoms with Crippen molar-refractivity contribution >= 4 is 11.8 Å². The number of carbonyl (C=O) groups excluding carboxylic acids is 2. The molecule has 26 heavy (non-hydrogen) atoms. The highest BCUT2D eigenvalue weighted by Gasteiger charge is 2.32. The van der Waals surface area contributed by atoms with Gasteiger partial charge < -0.3 is 15.4 Å². The quantitative estimate of drug-likeness (QED) is 0.848. The lowest BCUT2D eigenvalue weighted by Gasteiger charge is -2.33. The summed E-state index contributed by atoms with van der Waals surface area (Å²) in [5, 5.41) is 10.2. The molecule has 1 aromatic heterocycles. The lowest BCUT2D eigenvalue weighted by molar-refractivity contribution is -0.127. The summed E-state index contributed by atoms with van der Waals surface area (Å²) < 4.78 is 7.04. The van der Waals surface area contributed by atoms with Crippen molar-refractivity contribution in [1.82, 2.24) is 20.4 Å². The van der Waals surface area contributed by atoms with E-state index >= 15 is 0 Å². The van der Waals surface area contributed by atoms with Crippen LogP contribution in [0.15, 0.2) is 30.5 Å². The van der Waals surface area contributed by atoms with Gasteiger partial charge in [-0.3, -0.25) is 14.3 Å². The van der Waals surface area contributed by atoms with Crippen molar-refractivity contribution in [2.45, 2.75) is 38.3 Å². The zero-order valence-electron chi connectivity index (χ0n) is 15.3. The van der Waals surface area contributed by atoms with Gasteiger partial charge in [0.1, 0.15) is 5.75 Å². The number of methoxy groups -OCH3 is 1. The van der Waals surface area contributed by atoms with Crippen LogP contribution >= 0.6 is 0 Å². The summed E-state index contributed by atoms with van der Waals surface area (Å²) in [5.74, 6) is 0.683. The van der Waals surface area contributed by atoms with Crippen molar-refractivity contribution < 1.29 is 14.3 Å². The number of nitrogens with zero attached hydrogens (tertiary/aromatic N) is 2. The van der Waals surface area contributed by atoms with Crippen LogP contribution in [0.2, 0.25) is 0 Å².